The summed E-state index contributed by atoms with van der Waals surface area (Å²) in [7, 11) is 0. The third-order valence-corrected chi connectivity index (χ3v) is 14.4. The van der Waals surface area contributed by atoms with Gasteiger partial charge in [-0.1, -0.05) is 296 Å². The third-order valence-electron chi connectivity index (χ3n) is 14.4. The van der Waals surface area contributed by atoms with Gasteiger partial charge in [-0.15, -0.1) is 0 Å². The van der Waals surface area contributed by atoms with Crippen LogP contribution in [0.2, 0.25) is 0 Å². The van der Waals surface area contributed by atoms with Crippen LogP contribution < -0.4 is 0 Å². The van der Waals surface area contributed by atoms with Crippen LogP contribution in [0.25, 0.3) is 0 Å². The zero-order valence-electron chi connectivity index (χ0n) is 53.5. The average Bonchev–Trinajstić information content (AvgIpc) is 3.48. The van der Waals surface area contributed by atoms with E-state index in [1.165, 1.54) is 109 Å². The van der Waals surface area contributed by atoms with Gasteiger partial charge in [0, 0.05) is 19.3 Å². The maximum absolute atomic E-state index is 12.9. The molecule has 0 aliphatic carbocycles. The van der Waals surface area contributed by atoms with Crippen LogP contribution in [-0.4, -0.2) is 37.2 Å². The van der Waals surface area contributed by atoms with E-state index < -0.39 is 6.10 Å². The number of hydrogen-bond donors (Lipinski definition) is 0. The van der Waals surface area contributed by atoms with E-state index in [4.69, 9.17) is 14.2 Å². The molecule has 0 heterocycles. The second-order valence-corrected chi connectivity index (χ2v) is 22.3. The monoisotopic (exact) mass is 1130 g/mol. The topological polar surface area (TPSA) is 78.9 Å². The summed E-state index contributed by atoms with van der Waals surface area (Å²) in [6, 6.07) is 0. The lowest BCUT2D eigenvalue weighted by Gasteiger charge is -2.18. The Morgan fingerprint density at radius 2 is 0.476 bits per heavy atom. The molecule has 0 aromatic rings. The molecule has 0 rings (SSSR count). The van der Waals surface area contributed by atoms with Crippen molar-refractivity contribution in [3.8, 4) is 0 Å². The lowest BCUT2D eigenvalue weighted by atomic mass is 10.0. The largest absolute Gasteiger partial charge is 0.462 e. The van der Waals surface area contributed by atoms with E-state index in [9.17, 15) is 14.4 Å². The summed E-state index contributed by atoms with van der Waals surface area (Å²) in [5.41, 5.74) is 0. The van der Waals surface area contributed by atoms with Crippen molar-refractivity contribution in [1.29, 1.82) is 0 Å². The molecule has 6 nitrogen and oxygen atoms in total. The van der Waals surface area contributed by atoms with Gasteiger partial charge in [-0.3, -0.25) is 14.4 Å². The maximum atomic E-state index is 12.9. The van der Waals surface area contributed by atoms with Gasteiger partial charge in [-0.2, -0.15) is 0 Å². The van der Waals surface area contributed by atoms with Crippen molar-refractivity contribution in [2.24, 2.45) is 0 Å². The van der Waals surface area contributed by atoms with Crippen LogP contribution >= 0.6 is 0 Å². The van der Waals surface area contributed by atoms with Gasteiger partial charge in [0.15, 0.2) is 6.10 Å². The Labute approximate surface area is 506 Å². The molecule has 82 heavy (non-hydrogen) atoms. The molecular weight excluding hydrogens is 1010 g/mol. The average molecular weight is 1140 g/mol. The SMILES string of the molecule is CC/C=C\C/C=C\C/C=C\C/C=C\C/C=C\C/C=C\CCCCCCCCCCCCCCCCCCC(=O)OCC(COC(=O)CCCCCCC/C=C\C/C=C\CCCC)OC(=O)CCCCCCC/C=C\C/C=C\C/C=C\CC. The molecule has 0 amide bonds. The Bertz CT molecular complexity index is 1730. The Hall–Kier alpha value is -4.45. The first kappa shape index (κ1) is 77.5. The number of rotatable bonds is 61. The fraction of sp³-hybridized carbons (Fsp3) is 0.671. The Morgan fingerprint density at radius 1 is 0.256 bits per heavy atom. The van der Waals surface area contributed by atoms with Crippen molar-refractivity contribution in [3.63, 3.8) is 0 Å². The van der Waals surface area contributed by atoms with Gasteiger partial charge in [-0.25, -0.2) is 0 Å². The molecule has 0 saturated heterocycles. The predicted octanol–water partition coefficient (Wildman–Crippen LogP) is 23.7. The zero-order chi connectivity index (χ0) is 59.2. The Kier molecular flexibility index (Phi) is 65.3. The van der Waals surface area contributed by atoms with E-state index in [2.05, 4.69) is 154 Å². The van der Waals surface area contributed by atoms with Crippen LogP contribution in [-0.2, 0) is 28.6 Å². The second kappa shape index (κ2) is 69.0. The fourth-order valence-electron chi connectivity index (χ4n) is 9.30. The van der Waals surface area contributed by atoms with Crippen molar-refractivity contribution in [2.75, 3.05) is 13.2 Å². The summed E-state index contributed by atoms with van der Waals surface area (Å²) in [5, 5.41) is 0. The summed E-state index contributed by atoms with van der Waals surface area (Å²) in [6.07, 6.45) is 97.7. The summed E-state index contributed by atoms with van der Waals surface area (Å²) in [4.78, 5) is 38.3. The zero-order valence-corrected chi connectivity index (χ0v) is 53.5. The van der Waals surface area contributed by atoms with E-state index >= 15 is 0 Å². The van der Waals surface area contributed by atoms with E-state index in [1.54, 1.807) is 0 Å². The van der Waals surface area contributed by atoms with Gasteiger partial charge in [0.1, 0.15) is 13.2 Å². The quantitative estimate of drug-likeness (QED) is 0.0261. The lowest BCUT2D eigenvalue weighted by molar-refractivity contribution is -0.167. The number of hydrogen-bond acceptors (Lipinski definition) is 6. The number of unbranched alkanes of at least 4 members (excludes halogenated alkanes) is 28. The molecule has 0 bridgehead atoms. The summed E-state index contributed by atoms with van der Waals surface area (Å²) >= 11 is 0. The van der Waals surface area contributed by atoms with Crippen molar-refractivity contribution in [1.82, 2.24) is 0 Å². The van der Waals surface area contributed by atoms with Crippen molar-refractivity contribution in [3.05, 3.63) is 134 Å². The normalized spacial score (nSPS) is 13.0. The molecule has 0 aliphatic heterocycles. The van der Waals surface area contributed by atoms with Gasteiger partial charge < -0.3 is 14.2 Å². The standard InChI is InChI=1S/C76H126O6/c1-4-7-10-13-16-19-22-25-28-29-30-31-32-33-34-35-36-37-38-39-40-41-42-43-44-45-46-47-49-51-54-57-60-63-66-69-75(78)81-72-73(71-80-74(77)68-65-62-59-56-53-50-27-24-21-18-15-12-9-6-3)82-76(79)70-67-64-61-58-55-52-48-26-23-20-17-14-11-8-5-2/h7-8,10-11,15-20,24-28,30-31,33-34,36-37,48,73H,4-6,9,12-14,21-23,29,32,35,38-47,49-72H2,1-3H3/b10-7-,11-8-,18-15-,19-16-,20-17-,27-24-,28-25-,31-30-,34-33-,37-36-,48-26-. The highest BCUT2D eigenvalue weighted by Gasteiger charge is 2.19. The molecule has 0 fully saturated rings. The first-order valence-electron chi connectivity index (χ1n) is 34.2. The van der Waals surface area contributed by atoms with Gasteiger partial charge in [0.05, 0.1) is 0 Å². The van der Waals surface area contributed by atoms with Crippen molar-refractivity contribution in [2.45, 2.75) is 316 Å². The van der Waals surface area contributed by atoms with Crippen LogP contribution in [0.15, 0.2) is 134 Å². The van der Waals surface area contributed by atoms with Crippen molar-refractivity contribution < 1.29 is 28.6 Å². The molecule has 0 saturated carbocycles. The molecule has 0 spiro atoms. The molecule has 6 heteroatoms. The minimum Gasteiger partial charge on any atom is -0.462 e. The first-order chi connectivity index (χ1) is 40.5. The highest BCUT2D eigenvalue weighted by atomic mass is 16.6. The minimum atomic E-state index is -0.796. The van der Waals surface area contributed by atoms with Crippen molar-refractivity contribution >= 4 is 17.9 Å². The van der Waals surface area contributed by atoms with Crippen LogP contribution in [0.5, 0.6) is 0 Å². The number of carbonyl (C=O) groups is 3. The highest BCUT2D eigenvalue weighted by Crippen LogP contribution is 2.16. The van der Waals surface area contributed by atoms with E-state index in [0.717, 1.165) is 161 Å². The van der Waals surface area contributed by atoms with Gasteiger partial charge in [0.2, 0.25) is 0 Å². The van der Waals surface area contributed by atoms with Gasteiger partial charge in [-0.05, 0) is 128 Å². The highest BCUT2D eigenvalue weighted by molar-refractivity contribution is 5.71. The summed E-state index contributed by atoms with van der Waals surface area (Å²) in [5.74, 6) is -0.916. The maximum Gasteiger partial charge on any atom is 0.306 e. The Morgan fingerprint density at radius 3 is 0.744 bits per heavy atom. The summed E-state index contributed by atoms with van der Waals surface area (Å²) < 4.78 is 16.9. The lowest BCUT2D eigenvalue weighted by Crippen LogP contribution is -2.30. The first-order valence-corrected chi connectivity index (χ1v) is 34.2. The van der Waals surface area contributed by atoms with E-state index in [-0.39, 0.29) is 31.1 Å². The number of allylic oxidation sites excluding steroid dienone is 22. The molecule has 0 N–H and O–H groups in total. The molecule has 0 aromatic heterocycles. The molecular formula is C76H126O6. The van der Waals surface area contributed by atoms with Gasteiger partial charge >= 0.3 is 17.9 Å². The van der Waals surface area contributed by atoms with E-state index in [1.807, 2.05) is 0 Å². The molecule has 1 unspecified atom stereocenters. The van der Waals surface area contributed by atoms with Gasteiger partial charge in [0.25, 0.3) is 0 Å². The molecule has 0 aliphatic rings. The van der Waals surface area contributed by atoms with Crippen LogP contribution in [0.1, 0.15) is 310 Å². The molecule has 0 aromatic carbocycles. The Balaban J connectivity index is 4.18. The predicted molar refractivity (Wildman–Crippen MR) is 357 cm³/mol. The number of carbonyl (C=O) groups excluding carboxylic acids is 3. The van der Waals surface area contributed by atoms with E-state index in [0.29, 0.717) is 19.3 Å². The molecule has 0 radical (unpaired) electrons. The fourth-order valence-corrected chi connectivity index (χ4v) is 9.30. The number of esters is 3. The number of ether oxygens (including phenoxy) is 3. The molecule has 466 valence electrons. The van der Waals surface area contributed by atoms with Crippen LogP contribution in [0, 0.1) is 0 Å². The summed E-state index contributed by atoms with van der Waals surface area (Å²) in [6.45, 7) is 6.36. The second-order valence-electron chi connectivity index (χ2n) is 22.3. The van der Waals surface area contributed by atoms with Crippen LogP contribution in [0.4, 0.5) is 0 Å². The van der Waals surface area contributed by atoms with Crippen LogP contribution in [0.3, 0.4) is 0 Å². The molecule has 1 atom stereocenters. The smallest absolute Gasteiger partial charge is 0.306 e. The minimum absolute atomic E-state index is 0.0903. The third kappa shape index (κ3) is 66.4.